The van der Waals surface area contributed by atoms with Crippen molar-refractivity contribution < 1.29 is 0 Å². The monoisotopic (exact) mass is 219 g/mol. The van der Waals surface area contributed by atoms with Gasteiger partial charge in [-0.15, -0.1) is 11.3 Å². The molecule has 0 radical (unpaired) electrons. The molecule has 0 saturated heterocycles. The summed E-state index contributed by atoms with van der Waals surface area (Å²) in [7, 11) is 0. The van der Waals surface area contributed by atoms with Crippen molar-refractivity contribution in [1.82, 2.24) is 0 Å². The van der Waals surface area contributed by atoms with E-state index < -0.39 is 0 Å². The third-order valence-electron chi connectivity index (χ3n) is 2.78. The van der Waals surface area contributed by atoms with E-state index in [9.17, 15) is 0 Å². The summed E-state index contributed by atoms with van der Waals surface area (Å²) in [5.74, 6) is 0. The molecule has 0 amide bonds. The number of fused-ring (bicyclic) bond motifs is 1. The van der Waals surface area contributed by atoms with Gasteiger partial charge in [0.15, 0.2) is 0 Å². The molecule has 2 N–H and O–H groups in total. The normalized spacial score (nSPS) is 11.1. The molecule has 0 bridgehead atoms. The van der Waals surface area contributed by atoms with Crippen LogP contribution in [0.1, 0.15) is 22.4 Å². The molecule has 0 aliphatic heterocycles. The molecular weight excluding hydrogens is 202 g/mol. The first kappa shape index (κ1) is 10.7. The van der Waals surface area contributed by atoms with Crippen LogP contribution in [0.5, 0.6) is 0 Å². The van der Waals surface area contributed by atoms with Gasteiger partial charge in [-0.2, -0.15) is 0 Å². The van der Waals surface area contributed by atoms with Gasteiger partial charge in [-0.25, -0.2) is 0 Å². The van der Waals surface area contributed by atoms with Crippen LogP contribution in [0.3, 0.4) is 0 Å². The summed E-state index contributed by atoms with van der Waals surface area (Å²) >= 11 is 1.90. The maximum absolute atomic E-state index is 5.57. The van der Waals surface area contributed by atoms with Gasteiger partial charge in [-0.3, -0.25) is 0 Å². The Kier molecular flexibility index (Phi) is 3.08. The molecule has 2 rings (SSSR count). The minimum atomic E-state index is 0.780. The summed E-state index contributed by atoms with van der Waals surface area (Å²) in [6.45, 7) is 5.15. The number of nitrogens with two attached hydrogens (primary N) is 1. The highest BCUT2D eigenvalue weighted by atomic mass is 32.1. The number of hydrogen-bond donors (Lipinski definition) is 1. The molecule has 0 aliphatic carbocycles. The van der Waals surface area contributed by atoms with Gasteiger partial charge in [0.1, 0.15) is 0 Å². The second-order valence-electron chi connectivity index (χ2n) is 4.03. The smallest absolute Gasteiger partial charge is 0.0348 e. The van der Waals surface area contributed by atoms with Crippen molar-refractivity contribution in [3.8, 4) is 0 Å². The van der Waals surface area contributed by atoms with E-state index in [1.165, 1.54) is 26.1 Å². The SMILES string of the molecule is Cc1ccc2sc(C)c(CCCN)c2c1. The molecule has 0 aliphatic rings. The fraction of sp³-hybridized carbons (Fsp3) is 0.385. The topological polar surface area (TPSA) is 26.0 Å². The molecule has 1 aromatic heterocycles. The number of rotatable bonds is 3. The van der Waals surface area contributed by atoms with Crippen LogP contribution in [-0.2, 0) is 6.42 Å². The highest BCUT2D eigenvalue weighted by molar-refractivity contribution is 7.19. The molecule has 0 spiro atoms. The Balaban J connectivity index is 2.50. The minimum absolute atomic E-state index is 0.780. The molecule has 1 aromatic carbocycles. The highest BCUT2D eigenvalue weighted by Crippen LogP contribution is 2.32. The Hall–Kier alpha value is -0.860. The zero-order chi connectivity index (χ0) is 10.8. The Bertz CT molecular complexity index is 471. The lowest BCUT2D eigenvalue weighted by atomic mass is 10.0. The quantitative estimate of drug-likeness (QED) is 0.841. The lowest BCUT2D eigenvalue weighted by molar-refractivity contribution is 0.835. The zero-order valence-corrected chi connectivity index (χ0v) is 10.2. The molecule has 0 unspecified atom stereocenters. The molecule has 15 heavy (non-hydrogen) atoms. The first-order valence-corrected chi connectivity index (χ1v) is 6.22. The summed E-state index contributed by atoms with van der Waals surface area (Å²) in [6, 6.07) is 6.71. The van der Waals surface area contributed by atoms with E-state index in [4.69, 9.17) is 5.73 Å². The largest absolute Gasteiger partial charge is 0.330 e. The summed E-state index contributed by atoms with van der Waals surface area (Å²) in [5, 5.41) is 1.44. The Morgan fingerprint density at radius 2 is 2.07 bits per heavy atom. The second-order valence-corrected chi connectivity index (χ2v) is 5.28. The van der Waals surface area contributed by atoms with Crippen LogP contribution in [0.15, 0.2) is 18.2 Å². The second kappa shape index (κ2) is 4.33. The molecular formula is C13H17NS. The number of hydrogen-bond acceptors (Lipinski definition) is 2. The summed E-state index contributed by atoms with van der Waals surface area (Å²) < 4.78 is 1.41. The average Bonchev–Trinajstić information content (AvgIpc) is 2.51. The lowest BCUT2D eigenvalue weighted by Crippen LogP contribution is -2.00. The molecule has 2 aromatic rings. The van der Waals surface area contributed by atoms with Gasteiger partial charge >= 0.3 is 0 Å². The van der Waals surface area contributed by atoms with Gasteiger partial charge < -0.3 is 5.73 Å². The lowest BCUT2D eigenvalue weighted by Gasteiger charge is -2.00. The van der Waals surface area contributed by atoms with E-state index in [0.717, 1.165) is 19.4 Å². The van der Waals surface area contributed by atoms with Gasteiger partial charge in [-0.05, 0) is 50.2 Å². The zero-order valence-electron chi connectivity index (χ0n) is 9.34. The fourth-order valence-electron chi connectivity index (χ4n) is 1.97. The number of aryl methyl sites for hydroxylation is 3. The predicted molar refractivity (Wildman–Crippen MR) is 68.7 cm³/mol. The predicted octanol–water partition coefficient (Wildman–Crippen LogP) is 3.41. The maximum atomic E-state index is 5.57. The van der Waals surface area contributed by atoms with Crippen molar-refractivity contribution in [3.63, 3.8) is 0 Å². The summed E-state index contributed by atoms with van der Waals surface area (Å²) in [5.41, 5.74) is 8.42. The molecule has 0 atom stereocenters. The van der Waals surface area contributed by atoms with Crippen molar-refractivity contribution in [2.45, 2.75) is 26.7 Å². The summed E-state index contributed by atoms with van der Waals surface area (Å²) in [6.07, 6.45) is 2.20. The Morgan fingerprint density at radius 1 is 1.27 bits per heavy atom. The number of benzene rings is 1. The van der Waals surface area contributed by atoms with Gasteiger partial charge in [0.25, 0.3) is 0 Å². The van der Waals surface area contributed by atoms with Gasteiger partial charge in [0.2, 0.25) is 0 Å². The molecule has 0 fully saturated rings. The van der Waals surface area contributed by atoms with Crippen LogP contribution in [0, 0.1) is 13.8 Å². The van der Waals surface area contributed by atoms with Crippen molar-refractivity contribution in [2.75, 3.05) is 6.54 Å². The number of thiophene rings is 1. The van der Waals surface area contributed by atoms with Crippen LogP contribution in [-0.4, -0.2) is 6.54 Å². The van der Waals surface area contributed by atoms with Crippen LogP contribution in [0.2, 0.25) is 0 Å². The molecule has 0 saturated carbocycles. The van der Waals surface area contributed by atoms with Crippen LogP contribution in [0.4, 0.5) is 0 Å². The van der Waals surface area contributed by atoms with Crippen molar-refractivity contribution in [3.05, 3.63) is 34.2 Å². The van der Waals surface area contributed by atoms with Crippen molar-refractivity contribution >= 4 is 21.4 Å². The molecule has 1 heterocycles. The minimum Gasteiger partial charge on any atom is -0.330 e. The van der Waals surface area contributed by atoms with Crippen LogP contribution >= 0.6 is 11.3 Å². The molecule has 2 heteroatoms. The van der Waals surface area contributed by atoms with E-state index in [0.29, 0.717) is 0 Å². The van der Waals surface area contributed by atoms with Gasteiger partial charge in [-0.1, -0.05) is 17.7 Å². The molecule has 80 valence electrons. The summed E-state index contributed by atoms with van der Waals surface area (Å²) in [4.78, 5) is 1.45. The van der Waals surface area contributed by atoms with Crippen molar-refractivity contribution in [1.29, 1.82) is 0 Å². The van der Waals surface area contributed by atoms with Gasteiger partial charge in [0.05, 0.1) is 0 Å². The Morgan fingerprint density at radius 3 is 2.80 bits per heavy atom. The third kappa shape index (κ3) is 2.06. The van der Waals surface area contributed by atoms with E-state index in [-0.39, 0.29) is 0 Å². The maximum Gasteiger partial charge on any atom is 0.0348 e. The van der Waals surface area contributed by atoms with E-state index in [1.807, 2.05) is 11.3 Å². The highest BCUT2D eigenvalue weighted by Gasteiger charge is 2.08. The van der Waals surface area contributed by atoms with Crippen LogP contribution in [0.25, 0.3) is 10.1 Å². The van der Waals surface area contributed by atoms with E-state index in [2.05, 4.69) is 32.0 Å². The van der Waals surface area contributed by atoms with Crippen LogP contribution < -0.4 is 5.73 Å². The Labute approximate surface area is 94.9 Å². The first-order valence-electron chi connectivity index (χ1n) is 5.41. The molecule has 1 nitrogen and oxygen atoms in total. The third-order valence-corrected chi connectivity index (χ3v) is 3.91. The van der Waals surface area contributed by atoms with Gasteiger partial charge in [0, 0.05) is 9.58 Å². The van der Waals surface area contributed by atoms with E-state index >= 15 is 0 Å². The first-order chi connectivity index (χ1) is 7.22. The average molecular weight is 219 g/mol. The van der Waals surface area contributed by atoms with E-state index in [1.54, 1.807) is 0 Å². The standard InChI is InChI=1S/C13H17NS/c1-9-5-6-13-12(8-9)11(4-3-7-14)10(2)15-13/h5-6,8H,3-4,7,14H2,1-2H3. The van der Waals surface area contributed by atoms with Crippen molar-refractivity contribution in [2.24, 2.45) is 5.73 Å². The fourth-order valence-corrected chi connectivity index (χ4v) is 3.07.